The number of halogens is 1. The number of hydrogen-bond acceptors (Lipinski definition) is 7. The van der Waals surface area contributed by atoms with Crippen molar-refractivity contribution < 1.29 is 31.1 Å². The van der Waals surface area contributed by atoms with Crippen molar-refractivity contribution in [3.05, 3.63) is 71.2 Å². The summed E-state index contributed by atoms with van der Waals surface area (Å²) in [7, 11) is -4.95. The number of fused-ring (bicyclic) bond motifs is 1. The zero-order valence-electron chi connectivity index (χ0n) is 22.5. The fourth-order valence-electron chi connectivity index (χ4n) is 5.15. The highest BCUT2D eigenvalue weighted by Crippen LogP contribution is 2.36. The van der Waals surface area contributed by atoms with Crippen LogP contribution < -0.4 is 19.1 Å². The maximum atomic E-state index is 13.5. The van der Waals surface area contributed by atoms with E-state index in [2.05, 4.69) is 5.32 Å². The van der Waals surface area contributed by atoms with Gasteiger partial charge >= 0.3 is 0 Å². The van der Waals surface area contributed by atoms with Crippen molar-refractivity contribution in [3.8, 4) is 11.5 Å². The summed E-state index contributed by atoms with van der Waals surface area (Å²) >= 11 is 5.93. The molecular weight excluding hydrogens is 590 g/mol. The van der Waals surface area contributed by atoms with Crippen molar-refractivity contribution in [2.45, 2.75) is 29.1 Å². The summed E-state index contributed by atoms with van der Waals surface area (Å²) < 4.78 is 66.9. The van der Waals surface area contributed by atoms with Crippen LogP contribution in [0.5, 0.6) is 11.5 Å². The first-order chi connectivity index (χ1) is 19.5. The third-order valence-electron chi connectivity index (χ3n) is 7.35. The summed E-state index contributed by atoms with van der Waals surface area (Å²) in [6.07, 6.45) is 1.55. The first-order valence-electron chi connectivity index (χ1n) is 13.0. The molecule has 2 heterocycles. The van der Waals surface area contributed by atoms with E-state index >= 15 is 0 Å². The second-order valence-electron chi connectivity index (χ2n) is 9.83. The van der Waals surface area contributed by atoms with Crippen molar-refractivity contribution in [1.29, 1.82) is 0 Å². The third-order valence-corrected chi connectivity index (χ3v) is 11.3. The van der Waals surface area contributed by atoms with Gasteiger partial charge in [0.2, 0.25) is 15.9 Å². The number of nitrogens with one attached hydrogen (secondary N) is 1. The molecule has 1 amide bonds. The Morgan fingerprint density at radius 2 is 1.68 bits per heavy atom. The van der Waals surface area contributed by atoms with Crippen LogP contribution in [-0.4, -0.2) is 60.9 Å². The first-order valence-corrected chi connectivity index (χ1v) is 16.2. The van der Waals surface area contributed by atoms with E-state index in [0.717, 1.165) is 5.56 Å². The van der Waals surface area contributed by atoms with E-state index in [1.165, 1.54) is 59.2 Å². The molecule has 218 valence electrons. The lowest BCUT2D eigenvalue weighted by Gasteiger charge is -2.31. The van der Waals surface area contributed by atoms with E-state index in [0.29, 0.717) is 41.4 Å². The van der Waals surface area contributed by atoms with Crippen LogP contribution in [0, 0.1) is 5.92 Å². The number of methoxy groups -OCH3 is 2. The van der Waals surface area contributed by atoms with Crippen LogP contribution in [0.2, 0.25) is 5.02 Å². The fraction of sp³-hybridized carbons (Fsp3) is 0.321. The maximum absolute atomic E-state index is 13.5. The highest BCUT2D eigenvalue weighted by Gasteiger charge is 2.36. The van der Waals surface area contributed by atoms with Gasteiger partial charge in [-0.05, 0) is 73.4 Å². The molecule has 0 aromatic heterocycles. The largest absolute Gasteiger partial charge is 0.497 e. The van der Waals surface area contributed by atoms with Crippen LogP contribution in [0.1, 0.15) is 18.4 Å². The highest BCUT2D eigenvalue weighted by atomic mass is 35.5. The molecule has 3 aromatic rings. The van der Waals surface area contributed by atoms with Gasteiger partial charge in [0.05, 0.1) is 30.7 Å². The lowest BCUT2D eigenvalue weighted by molar-refractivity contribution is -0.120. The van der Waals surface area contributed by atoms with Gasteiger partial charge in [-0.2, -0.15) is 4.31 Å². The Morgan fingerprint density at radius 1 is 0.927 bits per heavy atom. The lowest BCUT2D eigenvalue weighted by Crippen LogP contribution is -2.43. The minimum Gasteiger partial charge on any atom is -0.497 e. The number of carbonyl (C=O) groups excluding carboxylic acids is 1. The number of sulfonamides is 2. The van der Waals surface area contributed by atoms with Gasteiger partial charge < -0.3 is 14.8 Å². The molecular formula is C28H30ClN3O7S2. The number of rotatable bonds is 8. The Hall–Kier alpha value is -3.32. The predicted molar refractivity (Wildman–Crippen MR) is 156 cm³/mol. The number of nitrogens with zero attached hydrogens (tertiary/aromatic N) is 2. The number of ether oxygens (including phenoxy) is 2. The predicted octanol–water partition coefficient (Wildman–Crippen LogP) is 4.15. The molecule has 5 rings (SSSR count). The number of hydrogen-bond donors (Lipinski definition) is 1. The topological polar surface area (TPSA) is 122 Å². The van der Waals surface area contributed by atoms with E-state index in [-0.39, 0.29) is 41.1 Å². The van der Waals surface area contributed by atoms with Crippen molar-refractivity contribution in [3.63, 3.8) is 0 Å². The molecule has 13 heteroatoms. The highest BCUT2D eigenvalue weighted by molar-refractivity contribution is 7.92. The van der Waals surface area contributed by atoms with Crippen LogP contribution in [0.25, 0.3) is 0 Å². The zero-order valence-corrected chi connectivity index (χ0v) is 24.9. The molecule has 0 radical (unpaired) electrons. The number of carbonyl (C=O) groups is 1. The summed E-state index contributed by atoms with van der Waals surface area (Å²) in [5, 5.41) is 3.31. The molecule has 41 heavy (non-hydrogen) atoms. The number of piperidine rings is 1. The molecule has 0 bridgehead atoms. The van der Waals surface area contributed by atoms with E-state index in [1.807, 2.05) is 0 Å². The minimum atomic E-state index is -3.97. The van der Waals surface area contributed by atoms with Crippen LogP contribution in [0.3, 0.4) is 0 Å². The van der Waals surface area contributed by atoms with E-state index < -0.39 is 26.0 Å². The average Bonchev–Trinajstić information content (AvgIpc) is 3.41. The summed E-state index contributed by atoms with van der Waals surface area (Å²) in [4.78, 5) is 13.4. The molecule has 1 N–H and O–H groups in total. The Bertz CT molecular complexity index is 1680. The zero-order chi connectivity index (χ0) is 29.4. The second-order valence-corrected chi connectivity index (χ2v) is 14.0. The molecule has 1 atom stereocenters. The van der Waals surface area contributed by atoms with Gasteiger partial charge in [0.25, 0.3) is 10.0 Å². The van der Waals surface area contributed by atoms with Crippen molar-refractivity contribution in [2.24, 2.45) is 5.92 Å². The molecule has 0 spiro atoms. The van der Waals surface area contributed by atoms with Gasteiger partial charge in [0, 0.05) is 36.4 Å². The van der Waals surface area contributed by atoms with Crippen molar-refractivity contribution >= 4 is 48.9 Å². The third kappa shape index (κ3) is 5.74. The van der Waals surface area contributed by atoms with E-state index in [4.69, 9.17) is 21.1 Å². The molecule has 1 fully saturated rings. The van der Waals surface area contributed by atoms with Crippen molar-refractivity contribution in [2.75, 3.05) is 43.5 Å². The van der Waals surface area contributed by atoms with Gasteiger partial charge in [0.1, 0.15) is 16.4 Å². The maximum Gasteiger partial charge on any atom is 0.264 e. The fourth-order valence-corrected chi connectivity index (χ4v) is 8.47. The van der Waals surface area contributed by atoms with E-state index in [9.17, 15) is 21.6 Å². The molecule has 1 unspecified atom stereocenters. The quantitative estimate of drug-likeness (QED) is 0.402. The summed E-state index contributed by atoms with van der Waals surface area (Å²) in [6.45, 7) is 0.542. The average molecular weight is 620 g/mol. The van der Waals surface area contributed by atoms with Crippen LogP contribution in [0.15, 0.2) is 70.5 Å². The Morgan fingerprint density at radius 3 is 2.39 bits per heavy atom. The molecule has 3 aromatic carbocycles. The summed E-state index contributed by atoms with van der Waals surface area (Å²) in [6, 6.07) is 15.7. The minimum absolute atomic E-state index is 0.00343. The molecule has 10 nitrogen and oxygen atoms in total. The molecule has 0 aliphatic carbocycles. The Balaban J connectivity index is 1.33. The van der Waals surface area contributed by atoms with Crippen LogP contribution >= 0.6 is 11.6 Å². The summed E-state index contributed by atoms with van der Waals surface area (Å²) in [5.74, 6) is -0.377. The van der Waals surface area contributed by atoms with Crippen LogP contribution in [0.4, 0.5) is 11.4 Å². The van der Waals surface area contributed by atoms with Gasteiger partial charge in [-0.25, -0.2) is 16.8 Å². The SMILES string of the molecule is COc1ccc(OC)c(S(=O)(=O)N2CCCC(C(=O)Nc3ccc4c(c3)N(S(=O)(=O)c3ccc(Cl)cc3)CC4)C2)c1. The van der Waals surface area contributed by atoms with Gasteiger partial charge in [-0.1, -0.05) is 17.7 Å². The summed E-state index contributed by atoms with van der Waals surface area (Å²) in [5.41, 5.74) is 1.78. The normalized spacial score (nSPS) is 17.6. The number of anilines is 2. The Labute approximate surface area is 244 Å². The number of benzene rings is 3. The number of amides is 1. The van der Waals surface area contributed by atoms with Gasteiger partial charge in [0.15, 0.2) is 0 Å². The lowest BCUT2D eigenvalue weighted by atomic mass is 9.98. The molecule has 1 saturated heterocycles. The van der Waals surface area contributed by atoms with Gasteiger partial charge in [-0.15, -0.1) is 0 Å². The van der Waals surface area contributed by atoms with Crippen molar-refractivity contribution in [1.82, 2.24) is 4.31 Å². The first kappa shape index (κ1) is 29.2. The Kier molecular flexibility index (Phi) is 8.20. The smallest absolute Gasteiger partial charge is 0.264 e. The molecule has 2 aliphatic heterocycles. The van der Waals surface area contributed by atoms with E-state index in [1.54, 1.807) is 24.3 Å². The monoisotopic (exact) mass is 619 g/mol. The molecule has 2 aliphatic rings. The van der Waals surface area contributed by atoms with Crippen LogP contribution in [-0.2, 0) is 31.3 Å². The van der Waals surface area contributed by atoms with Gasteiger partial charge in [-0.3, -0.25) is 9.10 Å². The standard InChI is InChI=1S/C28H30ClN3O7S2/c1-38-23-9-12-26(39-2)27(17-23)41(36,37)31-14-3-4-20(18-31)28(33)30-22-8-5-19-13-15-32(25(19)16-22)40(34,35)24-10-6-21(29)7-11-24/h5-12,16-17,20H,3-4,13-15,18H2,1-2H3,(H,30,33). The second kappa shape index (κ2) is 11.5. The molecule has 0 saturated carbocycles.